The second-order valence-corrected chi connectivity index (χ2v) is 6.46. The van der Waals surface area contributed by atoms with Crippen molar-refractivity contribution < 1.29 is 14.6 Å². The lowest BCUT2D eigenvalue weighted by Crippen LogP contribution is -2.42. The predicted molar refractivity (Wildman–Crippen MR) is 81.5 cm³/mol. The summed E-state index contributed by atoms with van der Waals surface area (Å²) in [5, 5.41) is 9.25. The highest BCUT2D eigenvalue weighted by atomic mass is 79.9. The third-order valence-electron chi connectivity index (χ3n) is 3.48. The normalized spacial score (nSPS) is 22.4. The minimum absolute atomic E-state index is 0.102. The first-order valence-corrected chi connectivity index (χ1v) is 7.96. The van der Waals surface area contributed by atoms with Gasteiger partial charge < -0.3 is 9.84 Å². The predicted octanol–water partition coefficient (Wildman–Crippen LogP) is 2.53. The lowest BCUT2D eigenvalue weighted by Gasteiger charge is -2.29. The molecule has 0 aliphatic carbocycles. The number of aromatic nitrogens is 1. The molecule has 1 aliphatic heterocycles. The minimum Gasteiger partial charge on any atom is -0.481 e. The van der Waals surface area contributed by atoms with Gasteiger partial charge in [0.15, 0.2) is 0 Å². The summed E-state index contributed by atoms with van der Waals surface area (Å²) in [6.07, 6.45) is 1.74. The highest BCUT2D eigenvalue weighted by molar-refractivity contribution is 9.11. The van der Waals surface area contributed by atoms with Crippen LogP contribution >= 0.6 is 31.9 Å². The lowest BCUT2D eigenvalue weighted by atomic mass is 10.0. The molecule has 0 saturated carbocycles. The second-order valence-electron chi connectivity index (χ2n) is 4.69. The highest BCUT2D eigenvalue weighted by Gasteiger charge is 2.37. The molecule has 2 rings (SSSR count). The molecule has 0 aromatic carbocycles. The monoisotopic (exact) mass is 406 g/mol. The maximum atomic E-state index is 11.3. The van der Waals surface area contributed by atoms with Crippen LogP contribution in [-0.4, -0.2) is 46.8 Å². The summed E-state index contributed by atoms with van der Waals surface area (Å²) in [4.78, 5) is 17.7. The summed E-state index contributed by atoms with van der Waals surface area (Å²) in [7, 11) is 0. The van der Waals surface area contributed by atoms with Crippen LogP contribution < -0.4 is 0 Å². The van der Waals surface area contributed by atoms with E-state index in [0.29, 0.717) is 13.2 Å². The van der Waals surface area contributed by atoms with Crippen molar-refractivity contribution >= 4 is 37.8 Å². The Kier molecular flexibility index (Phi) is 5.54. The van der Waals surface area contributed by atoms with Gasteiger partial charge >= 0.3 is 5.97 Å². The number of ether oxygens (including phenoxy) is 1. The molecule has 1 aromatic heterocycles. The standard InChI is InChI=1S/C13H16Br2N2O3/c1-2-17(12-7-20-6-9(12)13(18)19)5-11-10(15)3-8(14)4-16-11/h3-4,9,12H,2,5-7H2,1H3,(H,18,19). The van der Waals surface area contributed by atoms with Crippen LogP contribution in [0.15, 0.2) is 21.2 Å². The molecule has 2 unspecified atom stereocenters. The Balaban J connectivity index is 2.14. The first-order chi connectivity index (χ1) is 9.52. The molecular formula is C13H16Br2N2O3. The number of aliphatic carboxylic acids is 1. The quantitative estimate of drug-likeness (QED) is 0.812. The number of halogens is 2. The Morgan fingerprint density at radius 2 is 2.30 bits per heavy atom. The molecule has 20 heavy (non-hydrogen) atoms. The van der Waals surface area contributed by atoms with Gasteiger partial charge in [-0.1, -0.05) is 6.92 Å². The molecule has 5 nitrogen and oxygen atoms in total. The first kappa shape index (κ1) is 15.9. The van der Waals surface area contributed by atoms with E-state index in [4.69, 9.17) is 4.74 Å². The van der Waals surface area contributed by atoms with Gasteiger partial charge in [-0.25, -0.2) is 0 Å². The fourth-order valence-electron chi connectivity index (χ4n) is 2.35. The molecule has 2 atom stereocenters. The molecule has 0 spiro atoms. The Labute approximate surface area is 134 Å². The molecule has 2 heterocycles. The summed E-state index contributed by atoms with van der Waals surface area (Å²) >= 11 is 6.86. The van der Waals surface area contributed by atoms with E-state index in [0.717, 1.165) is 21.2 Å². The first-order valence-electron chi connectivity index (χ1n) is 6.37. The summed E-state index contributed by atoms with van der Waals surface area (Å²) in [5.41, 5.74) is 0.895. The van der Waals surface area contributed by atoms with Gasteiger partial charge in [0, 0.05) is 27.7 Å². The molecule has 1 saturated heterocycles. The number of hydrogen-bond acceptors (Lipinski definition) is 4. The fraction of sp³-hybridized carbons (Fsp3) is 0.538. The van der Waals surface area contributed by atoms with Gasteiger partial charge in [-0.2, -0.15) is 0 Å². The number of carboxylic acids is 1. The average molecular weight is 408 g/mol. The van der Waals surface area contributed by atoms with Crippen LogP contribution in [0.4, 0.5) is 0 Å². The van der Waals surface area contributed by atoms with Gasteiger partial charge in [-0.15, -0.1) is 0 Å². The van der Waals surface area contributed by atoms with E-state index in [1.165, 1.54) is 0 Å². The molecule has 1 N–H and O–H groups in total. The Morgan fingerprint density at radius 3 is 2.90 bits per heavy atom. The van der Waals surface area contributed by atoms with Gasteiger partial charge in [0.2, 0.25) is 0 Å². The molecule has 0 bridgehead atoms. The summed E-state index contributed by atoms with van der Waals surface area (Å²) in [6.45, 7) is 4.11. The maximum absolute atomic E-state index is 11.3. The van der Waals surface area contributed by atoms with Crippen molar-refractivity contribution in [1.29, 1.82) is 0 Å². The summed E-state index contributed by atoms with van der Waals surface area (Å²) < 4.78 is 7.16. The van der Waals surface area contributed by atoms with E-state index in [1.807, 2.05) is 13.0 Å². The van der Waals surface area contributed by atoms with Gasteiger partial charge in [0.05, 0.1) is 24.8 Å². The maximum Gasteiger partial charge on any atom is 0.310 e. The summed E-state index contributed by atoms with van der Waals surface area (Å²) in [5.74, 6) is -1.27. The number of likely N-dealkylation sites (N-methyl/N-ethyl adjacent to an activating group) is 1. The third-order valence-corrected chi connectivity index (χ3v) is 4.60. The number of pyridine rings is 1. The molecule has 0 radical (unpaired) electrons. The minimum atomic E-state index is -0.797. The van der Waals surface area contributed by atoms with Crippen molar-refractivity contribution in [3.05, 3.63) is 26.9 Å². The number of hydrogen-bond donors (Lipinski definition) is 1. The SMILES string of the molecule is CCN(Cc1ncc(Br)cc1Br)C1COCC1C(=O)O. The van der Waals surface area contributed by atoms with E-state index in [9.17, 15) is 9.90 Å². The zero-order valence-electron chi connectivity index (χ0n) is 11.1. The molecule has 7 heteroatoms. The van der Waals surface area contributed by atoms with Crippen LogP contribution in [0.5, 0.6) is 0 Å². The van der Waals surface area contributed by atoms with Crippen LogP contribution in [0.3, 0.4) is 0 Å². The lowest BCUT2D eigenvalue weighted by molar-refractivity contribution is -0.143. The molecular weight excluding hydrogens is 392 g/mol. The topological polar surface area (TPSA) is 62.7 Å². The number of carbonyl (C=O) groups is 1. The smallest absolute Gasteiger partial charge is 0.310 e. The van der Waals surface area contributed by atoms with Crippen molar-refractivity contribution in [3.63, 3.8) is 0 Å². The van der Waals surface area contributed by atoms with Crippen molar-refractivity contribution in [2.75, 3.05) is 19.8 Å². The van der Waals surface area contributed by atoms with E-state index >= 15 is 0 Å². The van der Waals surface area contributed by atoms with E-state index in [1.54, 1.807) is 6.20 Å². The summed E-state index contributed by atoms with van der Waals surface area (Å²) in [6, 6.07) is 1.84. The molecule has 1 aliphatic rings. The Morgan fingerprint density at radius 1 is 1.55 bits per heavy atom. The van der Waals surface area contributed by atoms with Gasteiger partial charge in [0.25, 0.3) is 0 Å². The van der Waals surface area contributed by atoms with Crippen LogP contribution in [0.25, 0.3) is 0 Å². The van der Waals surface area contributed by atoms with E-state index in [2.05, 4.69) is 41.7 Å². The van der Waals surface area contributed by atoms with Gasteiger partial charge in [-0.3, -0.25) is 14.7 Å². The van der Waals surface area contributed by atoms with Crippen LogP contribution in [0, 0.1) is 5.92 Å². The van der Waals surface area contributed by atoms with Crippen LogP contribution in [-0.2, 0) is 16.1 Å². The highest BCUT2D eigenvalue weighted by Crippen LogP contribution is 2.25. The van der Waals surface area contributed by atoms with Gasteiger partial charge in [0.1, 0.15) is 0 Å². The van der Waals surface area contributed by atoms with Crippen LogP contribution in [0.1, 0.15) is 12.6 Å². The Hall–Kier alpha value is -0.500. The zero-order valence-corrected chi connectivity index (χ0v) is 14.2. The fourth-order valence-corrected chi connectivity index (χ4v) is 3.47. The van der Waals surface area contributed by atoms with Crippen molar-refractivity contribution in [2.45, 2.75) is 19.5 Å². The molecule has 0 amide bonds. The number of carboxylic acid groups (broad SMARTS) is 1. The molecule has 110 valence electrons. The number of nitrogens with zero attached hydrogens (tertiary/aromatic N) is 2. The molecule has 1 fully saturated rings. The number of rotatable bonds is 5. The Bertz CT molecular complexity index is 499. The zero-order chi connectivity index (χ0) is 14.7. The second kappa shape index (κ2) is 6.98. The van der Waals surface area contributed by atoms with E-state index in [-0.39, 0.29) is 12.6 Å². The van der Waals surface area contributed by atoms with Gasteiger partial charge in [-0.05, 0) is 44.5 Å². The van der Waals surface area contributed by atoms with Crippen molar-refractivity contribution in [2.24, 2.45) is 5.92 Å². The third kappa shape index (κ3) is 3.58. The molecule has 1 aromatic rings. The van der Waals surface area contributed by atoms with Crippen LogP contribution in [0.2, 0.25) is 0 Å². The van der Waals surface area contributed by atoms with E-state index < -0.39 is 11.9 Å². The van der Waals surface area contributed by atoms with Crippen molar-refractivity contribution in [1.82, 2.24) is 9.88 Å². The average Bonchev–Trinajstić information content (AvgIpc) is 2.87. The largest absolute Gasteiger partial charge is 0.481 e. The van der Waals surface area contributed by atoms with Crippen molar-refractivity contribution in [3.8, 4) is 0 Å².